The molecule has 1 aromatic heterocycles. The van der Waals surface area contributed by atoms with Crippen LogP contribution in [0.4, 0.5) is 19.0 Å². The van der Waals surface area contributed by atoms with Crippen LogP contribution in [0.2, 0.25) is 0 Å². The number of aromatic nitrogens is 1. The van der Waals surface area contributed by atoms with E-state index >= 15 is 0 Å². The number of thiocarbonyl (C=S) groups is 1. The van der Waals surface area contributed by atoms with Gasteiger partial charge in [0.2, 0.25) is 0 Å². The predicted molar refractivity (Wildman–Crippen MR) is 59.4 cm³/mol. The Morgan fingerprint density at radius 3 is 2.69 bits per heavy atom. The molecule has 16 heavy (non-hydrogen) atoms. The van der Waals surface area contributed by atoms with Gasteiger partial charge in [-0.3, -0.25) is 0 Å². The topological polar surface area (TPSA) is 42.1 Å². The number of halogens is 3. The van der Waals surface area contributed by atoms with Crippen molar-refractivity contribution in [3.8, 4) is 0 Å². The molecular formula is C9H10F3N3S. The lowest BCUT2D eigenvalue weighted by atomic mass is 10.2. The molecule has 0 fully saturated rings. The molecule has 0 spiro atoms. The Labute approximate surface area is 96.1 Å². The van der Waals surface area contributed by atoms with Gasteiger partial charge in [-0.05, 0) is 12.1 Å². The normalized spacial score (nSPS) is 11.2. The molecule has 0 atom stereocenters. The van der Waals surface area contributed by atoms with Gasteiger partial charge in [-0.1, -0.05) is 12.2 Å². The Morgan fingerprint density at radius 1 is 1.56 bits per heavy atom. The van der Waals surface area contributed by atoms with E-state index in [1.807, 2.05) is 0 Å². The number of pyridine rings is 1. The van der Waals surface area contributed by atoms with Gasteiger partial charge in [-0.2, -0.15) is 13.2 Å². The summed E-state index contributed by atoms with van der Waals surface area (Å²) in [6.45, 7) is -1.07. The Kier molecular flexibility index (Phi) is 3.69. The van der Waals surface area contributed by atoms with Crippen molar-refractivity contribution < 1.29 is 13.2 Å². The largest absolute Gasteiger partial charge is 0.405 e. The van der Waals surface area contributed by atoms with Crippen molar-refractivity contribution >= 4 is 23.0 Å². The van der Waals surface area contributed by atoms with Gasteiger partial charge in [-0.15, -0.1) is 0 Å². The summed E-state index contributed by atoms with van der Waals surface area (Å²) >= 11 is 4.73. The van der Waals surface area contributed by atoms with E-state index in [0.29, 0.717) is 5.56 Å². The highest BCUT2D eigenvalue weighted by molar-refractivity contribution is 7.80. The molecule has 0 saturated carbocycles. The van der Waals surface area contributed by atoms with Crippen LogP contribution in [-0.4, -0.2) is 29.7 Å². The molecule has 0 unspecified atom stereocenters. The maximum absolute atomic E-state index is 12.1. The fourth-order valence-corrected chi connectivity index (χ4v) is 1.26. The Hall–Kier alpha value is -1.37. The molecular weight excluding hydrogens is 239 g/mol. The van der Waals surface area contributed by atoms with Crippen molar-refractivity contribution in [3.05, 3.63) is 23.9 Å². The van der Waals surface area contributed by atoms with Gasteiger partial charge in [0.15, 0.2) is 0 Å². The van der Waals surface area contributed by atoms with Crippen LogP contribution in [0.1, 0.15) is 5.56 Å². The van der Waals surface area contributed by atoms with Gasteiger partial charge >= 0.3 is 6.18 Å². The van der Waals surface area contributed by atoms with E-state index < -0.39 is 12.7 Å². The quantitative estimate of drug-likeness (QED) is 0.828. The third-order valence-corrected chi connectivity index (χ3v) is 2.07. The molecule has 0 aliphatic carbocycles. The number of anilines is 1. The molecule has 0 aliphatic heterocycles. The van der Waals surface area contributed by atoms with E-state index in [0.717, 1.165) is 4.90 Å². The van der Waals surface area contributed by atoms with Crippen LogP contribution >= 0.6 is 12.2 Å². The summed E-state index contributed by atoms with van der Waals surface area (Å²) in [4.78, 5) is 4.93. The molecule has 3 nitrogen and oxygen atoms in total. The minimum Gasteiger partial charge on any atom is -0.389 e. The van der Waals surface area contributed by atoms with Crippen molar-refractivity contribution in [2.24, 2.45) is 5.73 Å². The third kappa shape index (κ3) is 3.65. The van der Waals surface area contributed by atoms with Crippen molar-refractivity contribution in [1.29, 1.82) is 0 Å². The summed E-state index contributed by atoms with van der Waals surface area (Å²) < 4.78 is 36.4. The van der Waals surface area contributed by atoms with Gasteiger partial charge in [0.05, 0.1) is 0 Å². The zero-order valence-corrected chi connectivity index (χ0v) is 9.27. The number of nitrogens with zero attached hydrogens (tertiary/aromatic N) is 2. The van der Waals surface area contributed by atoms with E-state index in [9.17, 15) is 13.2 Å². The van der Waals surface area contributed by atoms with Crippen molar-refractivity contribution in [1.82, 2.24) is 4.98 Å². The van der Waals surface area contributed by atoms with Crippen molar-refractivity contribution in [2.75, 3.05) is 18.5 Å². The Morgan fingerprint density at radius 2 is 2.19 bits per heavy atom. The highest BCUT2D eigenvalue weighted by atomic mass is 32.1. The van der Waals surface area contributed by atoms with Gasteiger partial charge in [0.1, 0.15) is 17.4 Å². The van der Waals surface area contributed by atoms with Crippen LogP contribution in [-0.2, 0) is 0 Å². The molecule has 0 aliphatic rings. The summed E-state index contributed by atoms with van der Waals surface area (Å²) in [7, 11) is 1.30. The van der Waals surface area contributed by atoms with Crippen LogP contribution in [0, 0.1) is 0 Å². The highest BCUT2D eigenvalue weighted by Crippen LogP contribution is 2.19. The van der Waals surface area contributed by atoms with Crippen LogP contribution < -0.4 is 10.6 Å². The molecule has 88 valence electrons. The maximum atomic E-state index is 12.1. The van der Waals surface area contributed by atoms with Crippen LogP contribution in [0.5, 0.6) is 0 Å². The SMILES string of the molecule is CN(CC(F)(F)F)c1cc(C(N)=S)ccn1. The Bertz CT molecular complexity index is 392. The second-order valence-electron chi connectivity index (χ2n) is 3.24. The van der Waals surface area contributed by atoms with Gasteiger partial charge in [-0.25, -0.2) is 4.98 Å². The lowest BCUT2D eigenvalue weighted by Gasteiger charge is -2.20. The van der Waals surface area contributed by atoms with Crippen molar-refractivity contribution in [3.63, 3.8) is 0 Å². The number of alkyl halides is 3. The Balaban J connectivity index is 2.87. The number of rotatable bonds is 3. The first kappa shape index (κ1) is 12.7. The number of hydrogen-bond acceptors (Lipinski definition) is 3. The smallest absolute Gasteiger partial charge is 0.389 e. The van der Waals surface area contributed by atoms with Crippen molar-refractivity contribution in [2.45, 2.75) is 6.18 Å². The minimum atomic E-state index is -4.27. The lowest BCUT2D eigenvalue weighted by Crippen LogP contribution is -2.31. The summed E-state index contributed by atoms with van der Waals surface area (Å²) in [5.74, 6) is 0.183. The van der Waals surface area contributed by atoms with E-state index in [1.54, 1.807) is 6.07 Å². The highest BCUT2D eigenvalue weighted by Gasteiger charge is 2.29. The summed E-state index contributed by atoms with van der Waals surface area (Å²) in [5.41, 5.74) is 5.87. The first-order valence-corrected chi connectivity index (χ1v) is 4.74. The zero-order valence-electron chi connectivity index (χ0n) is 8.45. The van der Waals surface area contributed by atoms with Gasteiger partial charge in [0, 0.05) is 18.8 Å². The molecule has 1 aromatic rings. The first-order valence-electron chi connectivity index (χ1n) is 4.33. The predicted octanol–water partition coefficient (Wildman–Crippen LogP) is 1.71. The fourth-order valence-electron chi connectivity index (χ4n) is 1.13. The molecule has 1 rings (SSSR count). The van der Waals surface area contributed by atoms with Crippen LogP contribution in [0.15, 0.2) is 18.3 Å². The zero-order chi connectivity index (χ0) is 12.3. The first-order chi connectivity index (χ1) is 7.29. The minimum absolute atomic E-state index is 0.129. The molecule has 0 bridgehead atoms. The molecule has 0 radical (unpaired) electrons. The summed E-state index contributed by atoms with van der Waals surface area (Å²) in [5, 5.41) is 0. The summed E-state index contributed by atoms with van der Waals surface area (Å²) in [6.07, 6.45) is -2.90. The van der Waals surface area contributed by atoms with Crippen LogP contribution in [0.3, 0.4) is 0 Å². The van der Waals surface area contributed by atoms with E-state index in [4.69, 9.17) is 18.0 Å². The molecule has 0 aromatic carbocycles. The molecule has 0 amide bonds. The molecule has 0 saturated heterocycles. The average molecular weight is 249 g/mol. The second kappa shape index (κ2) is 4.65. The number of hydrogen-bond donors (Lipinski definition) is 1. The van der Waals surface area contributed by atoms with E-state index in [-0.39, 0.29) is 10.8 Å². The van der Waals surface area contributed by atoms with Gasteiger partial charge in [0.25, 0.3) is 0 Å². The molecule has 7 heteroatoms. The van der Waals surface area contributed by atoms with E-state index in [2.05, 4.69) is 4.98 Å². The van der Waals surface area contributed by atoms with E-state index in [1.165, 1.54) is 19.3 Å². The third-order valence-electron chi connectivity index (χ3n) is 1.84. The fraction of sp³-hybridized carbons (Fsp3) is 0.333. The molecule has 1 heterocycles. The second-order valence-corrected chi connectivity index (χ2v) is 3.68. The maximum Gasteiger partial charge on any atom is 0.405 e. The van der Waals surface area contributed by atoms with Crippen LogP contribution in [0.25, 0.3) is 0 Å². The van der Waals surface area contributed by atoms with Gasteiger partial charge < -0.3 is 10.6 Å². The summed E-state index contributed by atoms with van der Waals surface area (Å²) in [6, 6.07) is 2.97. The average Bonchev–Trinajstić information content (AvgIpc) is 2.15. The molecule has 2 N–H and O–H groups in total. The standard InChI is InChI=1S/C9H10F3N3S/c1-15(5-9(10,11)12)7-4-6(8(13)16)2-3-14-7/h2-4H,5H2,1H3,(H2,13,16). The monoisotopic (exact) mass is 249 g/mol. The number of nitrogens with two attached hydrogens (primary N) is 1. The lowest BCUT2D eigenvalue weighted by molar-refractivity contribution is -0.119.